The van der Waals surface area contributed by atoms with Crippen molar-refractivity contribution >= 4 is 35.2 Å². The Morgan fingerprint density at radius 1 is 1.08 bits per heavy atom. The molecule has 1 atom stereocenters. The summed E-state index contributed by atoms with van der Waals surface area (Å²) in [5, 5.41) is 6.21. The maximum absolute atomic E-state index is 12.2. The number of carbonyl (C=O) groups excluding carboxylic acids is 2. The second-order valence-electron chi connectivity index (χ2n) is 5.93. The number of benzene rings is 2. The molecule has 0 saturated carbocycles. The molecule has 2 N–H and O–H groups in total. The van der Waals surface area contributed by atoms with Gasteiger partial charge in [0.25, 0.3) is 5.91 Å². The van der Waals surface area contributed by atoms with E-state index in [4.69, 9.17) is 11.6 Å². The number of amides is 2. The van der Waals surface area contributed by atoms with Gasteiger partial charge in [-0.2, -0.15) is 0 Å². The first kappa shape index (κ1) is 20.3. The van der Waals surface area contributed by atoms with Gasteiger partial charge in [0.05, 0.1) is 0 Å². The molecule has 0 saturated heterocycles. The Hall–Kier alpha value is -1.98. The van der Waals surface area contributed by atoms with Crippen LogP contribution in [0.3, 0.4) is 0 Å². The molecule has 0 aliphatic rings. The first-order valence-corrected chi connectivity index (χ1v) is 9.92. The minimum atomic E-state index is -0.561. The number of carbonyl (C=O) groups is 2. The summed E-state index contributed by atoms with van der Waals surface area (Å²) in [6.07, 6.45) is 0.863. The number of thioether (sulfide) groups is 1. The van der Waals surface area contributed by atoms with Crippen molar-refractivity contribution in [2.75, 3.05) is 6.54 Å². The Bertz CT molecular complexity index is 732. The molecule has 0 fully saturated rings. The van der Waals surface area contributed by atoms with Crippen molar-refractivity contribution < 1.29 is 9.59 Å². The molecule has 2 aromatic carbocycles. The monoisotopic (exact) mass is 390 g/mol. The van der Waals surface area contributed by atoms with Gasteiger partial charge in [-0.25, -0.2) is 0 Å². The first-order chi connectivity index (χ1) is 12.5. The lowest BCUT2D eigenvalue weighted by Crippen LogP contribution is -2.44. The van der Waals surface area contributed by atoms with Crippen molar-refractivity contribution in [3.05, 3.63) is 64.7 Å². The van der Waals surface area contributed by atoms with E-state index in [1.807, 2.05) is 43.3 Å². The van der Waals surface area contributed by atoms with Crippen LogP contribution in [0.2, 0.25) is 5.02 Å². The van der Waals surface area contributed by atoms with Crippen LogP contribution in [0.1, 0.15) is 36.2 Å². The van der Waals surface area contributed by atoms with Crippen LogP contribution in [-0.2, 0) is 10.5 Å². The van der Waals surface area contributed by atoms with E-state index in [0.29, 0.717) is 12.1 Å². The van der Waals surface area contributed by atoms with E-state index in [0.717, 1.165) is 27.7 Å². The van der Waals surface area contributed by atoms with Crippen molar-refractivity contribution in [2.45, 2.75) is 37.0 Å². The largest absolute Gasteiger partial charge is 0.354 e. The fraction of sp³-hybridized carbons (Fsp3) is 0.300. The number of hydrogen-bond acceptors (Lipinski definition) is 3. The summed E-state index contributed by atoms with van der Waals surface area (Å²) in [4.78, 5) is 25.2. The molecule has 4 nitrogen and oxygen atoms in total. The standard InChI is InChI=1S/C20H23ClN2O2S/c1-3-12-22-19(24)14(2)23-20(25)16-6-4-15(5-7-16)13-26-18-10-8-17(21)9-11-18/h4-11,14H,3,12-13H2,1-2H3,(H,22,24)(H,23,25)/t14-/m1/s1. The fourth-order valence-electron chi connectivity index (χ4n) is 2.20. The molecule has 26 heavy (non-hydrogen) atoms. The van der Waals surface area contributed by atoms with Crippen molar-refractivity contribution in [1.29, 1.82) is 0 Å². The molecule has 0 radical (unpaired) electrons. The summed E-state index contributed by atoms with van der Waals surface area (Å²) >= 11 is 7.59. The van der Waals surface area contributed by atoms with Crippen LogP contribution >= 0.6 is 23.4 Å². The van der Waals surface area contributed by atoms with Gasteiger partial charge in [0.2, 0.25) is 5.91 Å². The van der Waals surface area contributed by atoms with Crippen molar-refractivity contribution in [1.82, 2.24) is 10.6 Å². The van der Waals surface area contributed by atoms with E-state index in [9.17, 15) is 9.59 Å². The predicted molar refractivity (Wildman–Crippen MR) is 108 cm³/mol. The summed E-state index contributed by atoms with van der Waals surface area (Å²) in [7, 11) is 0. The molecule has 0 aromatic heterocycles. The molecule has 0 unspecified atom stereocenters. The molecule has 6 heteroatoms. The maximum atomic E-state index is 12.2. The summed E-state index contributed by atoms with van der Waals surface area (Å²) in [5.41, 5.74) is 1.66. The lowest BCUT2D eigenvalue weighted by Gasteiger charge is -2.14. The fourth-order valence-corrected chi connectivity index (χ4v) is 3.18. The third kappa shape index (κ3) is 6.39. The van der Waals surface area contributed by atoms with Crippen LogP contribution in [0.4, 0.5) is 0 Å². The molecule has 138 valence electrons. The quantitative estimate of drug-likeness (QED) is 0.661. The minimum absolute atomic E-state index is 0.170. The van der Waals surface area contributed by atoms with Gasteiger partial charge in [0.1, 0.15) is 6.04 Å². The molecule has 2 amide bonds. The van der Waals surface area contributed by atoms with Gasteiger partial charge in [-0.05, 0) is 55.3 Å². The average molecular weight is 391 g/mol. The molecule has 0 aliphatic heterocycles. The van der Waals surface area contributed by atoms with Crippen LogP contribution in [0, 0.1) is 0 Å². The van der Waals surface area contributed by atoms with E-state index < -0.39 is 6.04 Å². The summed E-state index contributed by atoms with van der Waals surface area (Å²) in [6, 6.07) is 14.6. The highest BCUT2D eigenvalue weighted by Crippen LogP contribution is 2.24. The van der Waals surface area contributed by atoms with Gasteiger partial charge in [-0.1, -0.05) is 30.7 Å². The number of halogens is 1. The summed E-state index contributed by atoms with van der Waals surface area (Å²) < 4.78 is 0. The summed E-state index contributed by atoms with van der Waals surface area (Å²) in [5.74, 6) is 0.386. The predicted octanol–water partition coefficient (Wildman–Crippen LogP) is 4.28. The molecular formula is C20H23ClN2O2S. The molecule has 2 aromatic rings. The number of rotatable bonds is 8. The van der Waals surface area contributed by atoms with E-state index in [-0.39, 0.29) is 11.8 Å². The van der Waals surface area contributed by atoms with Crippen molar-refractivity contribution in [2.24, 2.45) is 0 Å². The third-order valence-electron chi connectivity index (χ3n) is 3.73. The Morgan fingerprint density at radius 3 is 2.35 bits per heavy atom. The summed E-state index contributed by atoms with van der Waals surface area (Å²) in [6.45, 7) is 4.27. The van der Waals surface area contributed by atoms with E-state index >= 15 is 0 Å². The van der Waals surface area contributed by atoms with Crippen molar-refractivity contribution in [3.63, 3.8) is 0 Å². The van der Waals surface area contributed by atoms with Gasteiger partial charge in [-0.3, -0.25) is 9.59 Å². The highest BCUT2D eigenvalue weighted by molar-refractivity contribution is 7.98. The van der Waals surface area contributed by atoms with E-state index in [1.165, 1.54) is 0 Å². The normalized spacial score (nSPS) is 11.7. The lowest BCUT2D eigenvalue weighted by atomic mass is 10.1. The molecule has 0 bridgehead atoms. The third-order valence-corrected chi connectivity index (χ3v) is 5.06. The van der Waals surface area contributed by atoms with Gasteiger partial charge >= 0.3 is 0 Å². The van der Waals surface area contributed by atoms with Crippen LogP contribution in [-0.4, -0.2) is 24.4 Å². The highest BCUT2D eigenvalue weighted by Gasteiger charge is 2.15. The van der Waals surface area contributed by atoms with Crippen LogP contribution in [0.5, 0.6) is 0 Å². The second kappa shape index (κ2) is 10.2. The van der Waals surface area contributed by atoms with E-state index in [2.05, 4.69) is 10.6 Å². The zero-order valence-electron chi connectivity index (χ0n) is 14.9. The van der Waals surface area contributed by atoms with Gasteiger partial charge in [0.15, 0.2) is 0 Å². The van der Waals surface area contributed by atoms with Gasteiger partial charge < -0.3 is 10.6 Å². The number of nitrogens with one attached hydrogen (secondary N) is 2. The topological polar surface area (TPSA) is 58.2 Å². The second-order valence-corrected chi connectivity index (χ2v) is 7.41. The Morgan fingerprint density at radius 2 is 1.73 bits per heavy atom. The molecule has 2 rings (SSSR count). The Kier molecular flexibility index (Phi) is 8.01. The van der Waals surface area contributed by atoms with Crippen LogP contribution in [0.15, 0.2) is 53.4 Å². The lowest BCUT2D eigenvalue weighted by molar-refractivity contribution is -0.122. The van der Waals surface area contributed by atoms with Crippen molar-refractivity contribution in [3.8, 4) is 0 Å². The zero-order valence-corrected chi connectivity index (χ0v) is 16.5. The minimum Gasteiger partial charge on any atom is -0.354 e. The van der Waals surface area contributed by atoms with Gasteiger partial charge in [0, 0.05) is 27.8 Å². The molecule has 0 spiro atoms. The zero-order chi connectivity index (χ0) is 18.9. The van der Waals surface area contributed by atoms with Crippen LogP contribution in [0.25, 0.3) is 0 Å². The van der Waals surface area contributed by atoms with Crippen LogP contribution < -0.4 is 10.6 Å². The maximum Gasteiger partial charge on any atom is 0.251 e. The number of hydrogen-bond donors (Lipinski definition) is 2. The smallest absolute Gasteiger partial charge is 0.251 e. The molecule has 0 aliphatic carbocycles. The van der Waals surface area contributed by atoms with Gasteiger partial charge in [-0.15, -0.1) is 11.8 Å². The average Bonchev–Trinajstić information content (AvgIpc) is 2.66. The van der Waals surface area contributed by atoms with E-state index in [1.54, 1.807) is 30.8 Å². The molecular weight excluding hydrogens is 368 g/mol. The Labute approximate surface area is 163 Å². The highest BCUT2D eigenvalue weighted by atomic mass is 35.5. The first-order valence-electron chi connectivity index (χ1n) is 8.55. The SMILES string of the molecule is CCCNC(=O)[C@@H](C)NC(=O)c1ccc(CSc2ccc(Cl)cc2)cc1. The molecule has 0 heterocycles. The Balaban J connectivity index is 1.86.